The number of hydrogen-bond acceptors (Lipinski definition) is 3. The van der Waals surface area contributed by atoms with Gasteiger partial charge in [0.2, 0.25) is 0 Å². The maximum atomic E-state index is 11.5. The van der Waals surface area contributed by atoms with Gasteiger partial charge < -0.3 is 14.7 Å². The van der Waals surface area contributed by atoms with Gasteiger partial charge >= 0.3 is 0 Å². The van der Waals surface area contributed by atoms with Crippen LogP contribution in [-0.2, 0) is 10.3 Å². The summed E-state index contributed by atoms with van der Waals surface area (Å²) in [6.07, 6.45) is 2.69. The maximum absolute atomic E-state index is 11.5. The van der Waals surface area contributed by atoms with Crippen LogP contribution in [-0.4, -0.2) is 42.4 Å². The van der Waals surface area contributed by atoms with E-state index in [4.69, 9.17) is 4.74 Å². The molecule has 126 valence electrons. The molecule has 0 aliphatic carbocycles. The van der Waals surface area contributed by atoms with Crippen LogP contribution in [0.4, 0.5) is 0 Å². The molecule has 2 aromatic rings. The van der Waals surface area contributed by atoms with Gasteiger partial charge in [-0.1, -0.05) is 60.7 Å². The van der Waals surface area contributed by atoms with E-state index in [1.165, 1.54) is 25.9 Å². The van der Waals surface area contributed by atoms with Gasteiger partial charge in [0.25, 0.3) is 0 Å². The molecule has 5 rings (SSSR count). The van der Waals surface area contributed by atoms with E-state index in [2.05, 4.69) is 4.90 Å². The Morgan fingerprint density at radius 1 is 0.917 bits per heavy atom. The van der Waals surface area contributed by atoms with Crippen LogP contribution in [0.3, 0.4) is 0 Å². The zero-order chi connectivity index (χ0) is 16.4. The Morgan fingerprint density at radius 2 is 1.46 bits per heavy atom. The van der Waals surface area contributed by atoms with E-state index < -0.39 is 5.60 Å². The molecule has 24 heavy (non-hydrogen) atoms. The smallest absolute Gasteiger partial charge is 0.138 e. The summed E-state index contributed by atoms with van der Waals surface area (Å²) in [6, 6.07) is 19.7. The lowest BCUT2D eigenvalue weighted by Gasteiger charge is -2.45. The standard InChI is InChI=1S/C21H25NO2/c23-21(18-7-3-1-4-8-18,19-9-5-2-6-10-19)16-24-20-15-22-13-11-17(20)12-14-22/h1-10,17,20,23H,11-16H2. The van der Waals surface area contributed by atoms with Crippen LogP contribution in [0.1, 0.15) is 24.0 Å². The van der Waals surface area contributed by atoms with Crippen LogP contribution in [0.2, 0.25) is 0 Å². The molecule has 0 saturated carbocycles. The van der Waals surface area contributed by atoms with E-state index in [0.717, 1.165) is 17.7 Å². The fourth-order valence-corrected chi connectivity index (χ4v) is 4.09. The van der Waals surface area contributed by atoms with Crippen LogP contribution in [0, 0.1) is 5.92 Å². The minimum absolute atomic E-state index is 0.242. The zero-order valence-corrected chi connectivity index (χ0v) is 14.0. The van der Waals surface area contributed by atoms with Crippen molar-refractivity contribution < 1.29 is 9.84 Å². The molecule has 3 fully saturated rings. The molecular formula is C21H25NO2. The molecular weight excluding hydrogens is 298 g/mol. The Hall–Kier alpha value is -1.68. The third-order valence-corrected chi connectivity index (χ3v) is 5.61. The summed E-state index contributed by atoms with van der Waals surface area (Å²) in [5.74, 6) is 0.644. The van der Waals surface area contributed by atoms with E-state index in [-0.39, 0.29) is 6.10 Å². The number of hydrogen-bond donors (Lipinski definition) is 1. The SMILES string of the molecule is OC(COC1CN2CCC1CC2)(c1ccccc1)c1ccccc1. The van der Waals surface area contributed by atoms with Crippen LogP contribution in [0.5, 0.6) is 0 Å². The Bertz CT molecular complexity index is 611. The van der Waals surface area contributed by atoms with Gasteiger partial charge in [0.1, 0.15) is 5.60 Å². The van der Waals surface area contributed by atoms with Crippen LogP contribution >= 0.6 is 0 Å². The van der Waals surface area contributed by atoms with Crippen LogP contribution < -0.4 is 0 Å². The van der Waals surface area contributed by atoms with E-state index >= 15 is 0 Å². The van der Waals surface area contributed by atoms with Crippen molar-refractivity contribution >= 4 is 0 Å². The Kier molecular flexibility index (Phi) is 4.40. The van der Waals surface area contributed by atoms with Gasteiger partial charge in [0.05, 0.1) is 12.7 Å². The molecule has 3 heterocycles. The Morgan fingerprint density at radius 3 is 1.92 bits per heavy atom. The van der Waals surface area contributed by atoms with Crippen molar-refractivity contribution in [3.63, 3.8) is 0 Å². The van der Waals surface area contributed by atoms with Crippen LogP contribution in [0.15, 0.2) is 60.7 Å². The molecule has 3 aliphatic heterocycles. The average molecular weight is 323 g/mol. The first-order valence-corrected chi connectivity index (χ1v) is 8.93. The van der Waals surface area contributed by atoms with Crippen molar-refractivity contribution in [2.24, 2.45) is 5.92 Å². The third kappa shape index (κ3) is 3.00. The largest absolute Gasteiger partial charge is 0.378 e. The topological polar surface area (TPSA) is 32.7 Å². The number of aliphatic hydroxyl groups is 1. The Labute approximate surface area is 143 Å². The molecule has 3 nitrogen and oxygen atoms in total. The van der Waals surface area contributed by atoms with E-state index in [1.807, 2.05) is 60.7 Å². The van der Waals surface area contributed by atoms with E-state index in [1.54, 1.807) is 0 Å². The van der Waals surface area contributed by atoms with Crippen LogP contribution in [0.25, 0.3) is 0 Å². The van der Waals surface area contributed by atoms with Gasteiger partial charge in [0.15, 0.2) is 0 Å². The first-order chi connectivity index (χ1) is 11.8. The van der Waals surface area contributed by atoms with Gasteiger partial charge in [-0.05, 0) is 43.0 Å². The van der Waals surface area contributed by atoms with E-state index in [9.17, 15) is 5.11 Å². The van der Waals surface area contributed by atoms with Crippen molar-refractivity contribution in [3.8, 4) is 0 Å². The highest BCUT2D eigenvalue weighted by Crippen LogP contribution is 2.34. The predicted molar refractivity (Wildman–Crippen MR) is 94.8 cm³/mol. The minimum Gasteiger partial charge on any atom is -0.378 e. The normalized spacial score (nSPS) is 26.5. The summed E-state index contributed by atoms with van der Waals surface area (Å²) in [6.45, 7) is 3.71. The first-order valence-electron chi connectivity index (χ1n) is 8.93. The summed E-state index contributed by atoms with van der Waals surface area (Å²) >= 11 is 0. The monoisotopic (exact) mass is 323 g/mol. The first kappa shape index (κ1) is 15.8. The van der Waals surface area contributed by atoms with E-state index in [0.29, 0.717) is 12.5 Å². The lowest BCUT2D eigenvalue weighted by atomic mass is 9.84. The molecule has 0 amide bonds. The zero-order valence-electron chi connectivity index (χ0n) is 14.0. The second-order valence-electron chi connectivity index (χ2n) is 7.08. The van der Waals surface area contributed by atoms with Gasteiger partial charge in [-0.2, -0.15) is 0 Å². The van der Waals surface area contributed by atoms with Crippen molar-refractivity contribution in [2.45, 2.75) is 24.5 Å². The molecule has 3 aliphatic rings. The molecule has 1 N–H and O–H groups in total. The quantitative estimate of drug-likeness (QED) is 0.918. The highest BCUT2D eigenvalue weighted by molar-refractivity contribution is 5.36. The fourth-order valence-electron chi connectivity index (χ4n) is 4.09. The van der Waals surface area contributed by atoms with Gasteiger partial charge in [-0.25, -0.2) is 0 Å². The second kappa shape index (κ2) is 6.67. The summed E-state index contributed by atoms with van der Waals surface area (Å²) in [4.78, 5) is 2.48. The van der Waals surface area contributed by atoms with Gasteiger partial charge in [-0.15, -0.1) is 0 Å². The molecule has 3 heteroatoms. The number of rotatable bonds is 5. The average Bonchev–Trinajstić information content (AvgIpc) is 2.68. The number of nitrogens with zero attached hydrogens (tertiary/aromatic N) is 1. The summed E-state index contributed by atoms with van der Waals surface area (Å²) in [5.41, 5.74) is 0.670. The maximum Gasteiger partial charge on any atom is 0.138 e. The minimum atomic E-state index is -1.10. The summed E-state index contributed by atoms with van der Waals surface area (Å²) < 4.78 is 6.30. The number of ether oxygens (including phenoxy) is 1. The summed E-state index contributed by atoms with van der Waals surface area (Å²) in [7, 11) is 0. The van der Waals surface area contributed by atoms with Gasteiger partial charge in [-0.3, -0.25) is 0 Å². The van der Waals surface area contributed by atoms with Crippen molar-refractivity contribution in [2.75, 3.05) is 26.2 Å². The second-order valence-corrected chi connectivity index (χ2v) is 7.08. The summed E-state index contributed by atoms with van der Waals surface area (Å²) in [5, 5.41) is 11.5. The molecule has 0 aromatic heterocycles. The third-order valence-electron chi connectivity index (χ3n) is 5.61. The lowest BCUT2D eigenvalue weighted by Crippen LogP contribution is -2.52. The molecule has 2 bridgehead atoms. The highest BCUT2D eigenvalue weighted by atomic mass is 16.5. The molecule has 0 radical (unpaired) electrons. The molecule has 2 aromatic carbocycles. The highest BCUT2D eigenvalue weighted by Gasteiger charge is 2.38. The fraction of sp³-hybridized carbons (Fsp3) is 0.429. The Balaban J connectivity index is 1.57. The molecule has 1 unspecified atom stereocenters. The van der Waals surface area contributed by atoms with Crippen molar-refractivity contribution in [1.82, 2.24) is 4.90 Å². The van der Waals surface area contributed by atoms with Gasteiger partial charge in [0, 0.05) is 6.54 Å². The number of piperidine rings is 3. The van der Waals surface area contributed by atoms with Crippen molar-refractivity contribution in [1.29, 1.82) is 0 Å². The predicted octanol–water partition coefficient (Wildman–Crippen LogP) is 3.03. The lowest BCUT2D eigenvalue weighted by molar-refractivity contribution is -0.112. The number of benzene rings is 2. The van der Waals surface area contributed by atoms with Crippen molar-refractivity contribution in [3.05, 3.63) is 71.8 Å². The molecule has 0 spiro atoms. The molecule has 3 saturated heterocycles. The molecule has 1 atom stereocenters. The number of fused-ring (bicyclic) bond motifs is 3.